The highest BCUT2D eigenvalue weighted by atomic mass is 32.1. The molecule has 0 spiro atoms. The Labute approximate surface area is 209 Å². The van der Waals surface area contributed by atoms with Gasteiger partial charge in [-0.05, 0) is 26.0 Å². The molecular formula is C25H30N6O3S. The Morgan fingerprint density at radius 1 is 1.14 bits per heavy atom. The van der Waals surface area contributed by atoms with E-state index in [0.29, 0.717) is 17.5 Å². The number of anilines is 3. The minimum Gasteiger partial charge on any atom is -0.373 e. The van der Waals surface area contributed by atoms with E-state index >= 15 is 0 Å². The molecule has 1 amide bonds. The van der Waals surface area contributed by atoms with Gasteiger partial charge in [0.25, 0.3) is 0 Å². The summed E-state index contributed by atoms with van der Waals surface area (Å²) in [6.45, 7) is 6.51. The number of allylic oxidation sites excluding steroid dienone is 1. The molecule has 35 heavy (non-hydrogen) atoms. The Bertz CT molecular complexity index is 1140. The lowest BCUT2D eigenvalue weighted by atomic mass is 10.1. The van der Waals surface area contributed by atoms with Crippen LogP contribution in [0.15, 0.2) is 41.0 Å². The smallest absolute Gasteiger partial charge is 0.226 e. The van der Waals surface area contributed by atoms with Crippen molar-refractivity contribution in [3.05, 3.63) is 46.7 Å². The van der Waals surface area contributed by atoms with E-state index in [0.717, 1.165) is 30.2 Å². The van der Waals surface area contributed by atoms with Crippen LogP contribution in [0.3, 0.4) is 0 Å². The number of ketones is 1. The van der Waals surface area contributed by atoms with Crippen LogP contribution in [0.25, 0.3) is 0 Å². The number of nitrogens with zero attached hydrogens (tertiary/aromatic N) is 5. The molecule has 184 valence electrons. The zero-order chi connectivity index (χ0) is 25.1. The second-order valence-electron chi connectivity index (χ2n) is 8.98. The number of ether oxygens (including phenoxy) is 1. The van der Waals surface area contributed by atoms with Gasteiger partial charge >= 0.3 is 0 Å². The maximum absolute atomic E-state index is 12.9. The lowest BCUT2D eigenvalue weighted by Gasteiger charge is -2.34. The van der Waals surface area contributed by atoms with Crippen molar-refractivity contribution in [3.8, 4) is 6.07 Å². The summed E-state index contributed by atoms with van der Waals surface area (Å²) in [6, 6.07) is 9.76. The third kappa shape index (κ3) is 5.53. The van der Waals surface area contributed by atoms with Crippen LogP contribution in [0, 0.1) is 11.3 Å². The number of hydrogen-bond acceptors (Lipinski definition) is 9. The fourth-order valence-electron chi connectivity index (χ4n) is 4.67. The Kier molecular flexibility index (Phi) is 7.50. The lowest BCUT2D eigenvalue weighted by Crippen LogP contribution is -2.44. The molecule has 1 aromatic carbocycles. The van der Waals surface area contributed by atoms with Gasteiger partial charge in [-0.1, -0.05) is 12.1 Å². The number of morpholine rings is 1. The molecular weight excluding hydrogens is 464 g/mol. The van der Waals surface area contributed by atoms with Crippen LogP contribution < -0.4 is 15.1 Å². The molecule has 0 aliphatic carbocycles. The predicted octanol–water partition coefficient (Wildman–Crippen LogP) is 3.36. The van der Waals surface area contributed by atoms with E-state index in [9.17, 15) is 14.9 Å². The predicted molar refractivity (Wildman–Crippen MR) is 136 cm³/mol. The summed E-state index contributed by atoms with van der Waals surface area (Å²) < 4.78 is 5.77. The van der Waals surface area contributed by atoms with Crippen LogP contribution in [0.4, 0.5) is 16.5 Å². The Morgan fingerprint density at radius 2 is 1.77 bits per heavy atom. The number of aromatic nitrogens is 1. The fourth-order valence-corrected chi connectivity index (χ4v) is 5.39. The van der Waals surface area contributed by atoms with Gasteiger partial charge in [0.15, 0.2) is 10.9 Å². The van der Waals surface area contributed by atoms with Crippen molar-refractivity contribution < 1.29 is 14.3 Å². The van der Waals surface area contributed by atoms with Gasteiger partial charge in [-0.15, -0.1) is 11.3 Å². The number of fused-ring (bicyclic) bond motifs is 1. The molecule has 1 saturated heterocycles. The van der Waals surface area contributed by atoms with E-state index in [4.69, 9.17) is 4.74 Å². The maximum Gasteiger partial charge on any atom is 0.226 e. The van der Waals surface area contributed by atoms with E-state index < -0.39 is 0 Å². The molecule has 2 aromatic rings. The van der Waals surface area contributed by atoms with Crippen molar-refractivity contribution in [1.29, 1.82) is 5.26 Å². The van der Waals surface area contributed by atoms with E-state index in [1.54, 1.807) is 0 Å². The van der Waals surface area contributed by atoms with Gasteiger partial charge in [0, 0.05) is 52.0 Å². The molecule has 2 aliphatic rings. The van der Waals surface area contributed by atoms with Crippen LogP contribution in [-0.2, 0) is 20.9 Å². The highest BCUT2D eigenvalue weighted by Crippen LogP contribution is 2.40. The first-order valence-corrected chi connectivity index (χ1v) is 12.5. The number of amides is 1. The molecule has 0 bridgehead atoms. The van der Waals surface area contributed by atoms with E-state index in [1.807, 2.05) is 53.5 Å². The molecule has 9 nitrogen and oxygen atoms in total. The van der Waals surface area contributed by atoms with Crippen molar-refractivity contribution in [2.75, 3.05) is 42.3 Å². The molecule has 1 aromatic heterocycles. The molecule has 4 rings (SSSR count). The summed E-state index contributed by atoms with van der Waals surface area (Å²) in [4.78, 5) is 35.9. The number of thiazole rings is 1. The van der Waals surface area contributed by atoms with Crippen LogP contribution in [0.2, 0.25) is 0 Å². The van der Waals surface area contributed by atoms with Crippen molar-refractivity contribution >= 4 is 39.5 Å². The number of carbonyl (C=O) groups is 2. The van der Waals surface area contributed by atoms with Crippen LogP contribution in [-0.4, -0.2) is 61.0 Å². The van der Waals surface area contributed by atoms with Crippen LogP contribution >= 0.6 is 11.3 Å². The zero-order valence-electron chi connectivity index (χ0n) is 20.4. The maximum atomic E-state index is 12.9. The van der Waals surface area contributed by atoms with Crippen molar-refractivity contribution in [2.45, 2.75) is 45.4 Å². The molecule has 2 aliphatic heterocycles. The zero-order valence-corrected chi connectivity index (χ0v) is 21.3. The number of nitrogens with one attached hydrogen (secondary N) is 1. The quantitative estimate of drug-likeness (QED) is 0.462. The monoisotopic (exact) mass is 494 g/mol. The summed E-state index contributed by atoms with van der Waals surface area (Å²) >= 11 is 1.37. The van der Waals surface area contributed by atoms with Crippen molar-refractivity contribution in [1.82, 2.24) is 9.88 Å². The van der Waals surface area contributed by atoms with Gasteiger partial charge in [0.1, 0.15) is 17.5 Å². The van der Waals surface area contributed by atoms with Gasteiger partial charge in [0.2, 0.25) is 5.91 Å². The van der Waals surface area contributed by atoms with Gasteiger partial charge < -0.3 is 19.9 Å². The Morgan fingerprint density at radius 3 is 2.37 bits per heavy atom. The second-order valence-corrected chi connectivity index (χ2v) is 9.84. The molecule has 10 heteroatoms. The van der Waals surface area contributed by atoms with Crippen molar-refractivity contribution in [2.24, 2.45) is 0 Å². The third-order valence-corrected chi connectivity index (χ3v) is 6.92. The summed E-state index contributed by atoms with van der Waals surface area (Å²) in [7, 11) is 3.65. The van der Waals surface area contributed by atoms with Gasteiger partial charge in [-0.3, -0.25) is 14.5 Å². The third-order valence-electron chi connectivity index (χ3n) is 6.11. The van der Waals surface area contributed by atoms with Crippen LogP contribution in [0.5, 0.6) is 0 Å². The molecule has 3 heterocycles. The van der Waals surface area contributed by atoms with E-state index in [1.165, 1.54) is 11.3 Å². The number of Topliss-reactive ketones (excluding diaryl/α,β-unsaturated/α-hetero) is 1. The SMILES string of the molecule is CC1CN(Cc2csc(NC(=O)CCC(=O)C(C#N)=C3N(C)c4ccccc4N3C)n2)CC(C)O1. The molecule has 0 saturated carbocycles. The van der Waals surface area contributed by atoms with Gasteiger partial charge in [0.05, 0.1) is 29.3 Å². The van der Waals surface area contributed by atoms with Gasteiger partial charge in [-0.25, -0.2) is 4.98 Å². The molecule has 0 radical (unpaired) electrons. The number of hydrogen-bond donors (Lipinski definition) is 1. The summed E-state index contributed by atoms with van der Waals surface area (Å²) in [6.07, 6.45) is 0.281. The standard InChI is InChI=1S/C25H30N6O3S/c1-16-12-31(13-17(2)34-16)14-18-15-35-25(27-18)28-23(33)10-9-22(32)19(11-26)24-29(3)20-7-5-6-8-21(20)30(24)4/h5-8,15-17H,9-10,12-14H2,1-4H3,(H,27,28,33). The average molecular weight is 495 g/mol. The average Bonchev–Trinajstić information content (AvgIpc) is 3.35. The summed E-state index contributed by atoms with van der Waals surface area (Å²) in [5, 5.41) is 15.0. The minimum atomic E-state index is -0.362. The molecule has 1 fully saturated rings. The lowest BCUT2D eigenvalue weighted by molar-refractivity contribution is -0.120. The Hall–Kier alpha value is -3.26. The summed E-state index contributed by atoms with van der Waals surface area (Å²) in [5.41, 5.74) is 2.78. The number of carbonyl (C=O) groups excluding carboxylic acids is 2. The Balaban J connectivity index is 1.33. The highest BCUT2D eigenvalue weighted by Gasteiger charge is 2.31. The minimum absolute atomic E-state index is 0.0227. The van der Waals surface area contributed by atoms with E-state index in [-0.39, 0.29) is 42.3 Å². The largest absolute Gasteiger partial charge is 0.373 e. The van der Waals surface area contributed by atoms with Crippen LogP contribution in [0.1, 0.15) is 32.4 Å². The normalized spacial score (nSPS) is 19.9. The topological polar surface area (TPSA) is 102 Å². The number of rotatable bonds is 7. The number of para-hydroxylation sites is 2. The molecule has 2 atom stereocenters. The van der Waals surface area contributed by atoms with E-state index in [2.05, 4.69) is 35.1 Å². The first-order chi connectivity index (χ1) is 16.8. The first-order valence-electron chi connectivity index (χ1n) is 11.6. The number of benzene rings is 1. The van der Waals surface area contributed by atoms with Crippen molar-refractivity contribution in [3.63, 3.8) is 0 Å². The highest BCUT2D eigenvalue weighted by molar-refractivity contribution is 7.13. The number of nitriles is 1. The van der Waals surface area contributed by atoms with Gasteiger partial charge in [-0.2, -0.15) is 5.26 Å². The first kappa shape index (κ1) is 24.9. The second kappa shape index (κ2) is 10.6. The molecule has 1 N–H and O–H groups in total. The molecule has 2 unspecified atom stereocenters. The fraction of sp³-hybridized carbons (Fsp3) is 0.440. The summed E-state index contributed by atoms with van der Waals surface area (Å²) in [5.74, 6) is -0.137.